The van der Waals surface area contributed by atoms with Crippen LogP contribution in [-0.2, 0) is 0 Å². The Morgan fingerprint density at radius 2 is 0.603 bits per heavy atom. The first-order chi connectivity index (χ1) is 30.2. The van der Waals surface area contributed by atoms with Crippen molar-refractivity contribution in [3.8, 4) is 33.4 Å². The Hall–Kier alpha value is -6.31. The second-order valence-corrected chi connectivity index (χ2v) is 18.9. The molecular formula is C60H57B2N. The van der Waals surface area contributed by atoms with Crippen molar-refractivity contribution in [2.45, 2.75) is 83.1 Å². The van der Waals surface area contributed by atoms with Gasteiger partial charge in [-0.1, -0.05) is 141 Å². The molecule has 0 amide bonds. The maximum absolute atomic E-state index is 2.65. The summed E-state index contributed by atoms with van der Waals surface area (Å²) in [5, 5.41) is 0. The second kappa shape index (κ2) is 15.2. The highest BCUT2D eigenvalue weighted by Crippen LogP contribution is 2.41. The zero-order chi connectivity index (χ0) is 44.2. The first-order valence-corrected chi connectivity index (χ1v) is 22.8. The molecule has 2 aliphatic rings. The number of aryl methyl sites for hydroxylation is 2. The molecule has 1 nitrogen and oxygen atoms in total. The molecular weight excluding hydrogens is 756 g/mol. The Labute approximate surface area is 377 Å². The van der Waals surface area contributed by atoms with Gasteiger partial charge in [0.05, 0.1) is 0 Å². The molecule has 0 saturated carbocycles. The summed E-state index contributed by atoms with van der Waals surface area (Å²) in [6.07, 6.45) is 0. The van der Waals surface area contributed by atoms with Crippen LogP contribution < -0.4 is 37.7 Å². The van der Waals surface area contributed by atoms with Crippen LogP contribution in [0.25, 0.3) is 33.4 Å². The first kappa shape index (κ1) is 40.7. The lowest BCUT2D eigenvalue weighted by atomic mass is 9.29. The third-order valence-corrected chi connectivity index (χ3v) is 15.7. The lowest BCUT2D eigenvalue weighted by Gasteiger charge is -2.45. The monoisotopic (exact) mass is 813 g/mol. The van der Waals surface area contributed by atoms with E-state index < -0.39 is 0 Å². The van der Waals surface area contributed by atoms with Crippen molar-refractivity contribution < 1.29 is 0 Å². The summed E-state index contributed by atoms with van der Waals surface area (Å²) in [6, 6.07) is 48.7. The van der Waals surface area contributed by atoms with Gasteiger partial charge in [0.2, 0.25) is 13.4 Å². The number of anilines is 3. The van der Waals surface area contributed by atoms with Gasteiger partial charge in [-0.05, 0) is 202 Å². The van der Waals surface area contributed by atoms with Gasteiger partial charge < -0.3 is 4.90 Å². The summed E-state index contributed by atoms with van der Waals surface area (Å²) in [6.45, 7) is 28.1. The van der Waals surface area contributed by atoms with Gasteiger partial charge in [0, 0.05) is 17.1 Å². The van der Waals surface area contributed by atoms with Gasteiger partial charge in [-0.2, -0.15) is 0 Å². The summed E-state index contributed by atoms with van der Waals surface area (Å²) in [4.78, 5) is 2.65. The first-order valence-electron chi connectivity index (χ1n) is 22.8. The fraction of sp³-hybridized carbons (Fsp3) is 0.200. The van der Waals surface area contributed by atoms with Gasteiger partial charge in [0.15, 0.2) is 0 Å². The van der Waals surface area contributed by atoms with E-state index in [4.69, 9.17) is 0 Å². The Kier molecular flexibility index (Phi) is 9.83. The number of nitrogens with zero attached hydrogens (tertiary/aromatic N) is 1. The average Bonchev–Trinajstić information content (AvgIpc) is 3.30. The van der Waals surface area contributed by atoms with E-state index in [0.717, 1.165) is 0 Å². The molecule has 63 heavy (non-hydrogen) atoms. The standard InChI is InChI=1S/C60H57B2N/c1-34-23-25-56-52(27-34)61(58-42(9)38(5)36(3)39(6)43(58)10)54-32-51(50-30-48(46-19-15-13-16-20-46)29-49(31-50)47-21-17-14-18-22-47)33-55-60(54)63(56)57-26-24-35(2)28-53(57)62(55)59-44(11)40(7)37(4)41(8)45(59)12/h13-33H,1-12H3. The Morgan fingerprint density at radius 1 is 0.286 bits per heavy atom. The molecule has 0 aliphatic carbocycles. The molecule has 0 saturated heterocycles. The molecule has 10 rings (SSSR count). The van der Waals surface area contributed by atoms with Crippen LogP contribution in [0.5, 0.6) is 0 Å². The maximum atomic E-state index is 2.65. The Balaban J connectivity index is 1.39. The summed E-state index contributed by atoms with van der Waals surface area (Å²) in [7, 11) is 0. The van der Waals surface area contributed by atoms with Crippen LogP contribution in [0.15, 0.2) is 127 Å². The van der Waals surface area contributed by atoms with Gasteiger partial charge in [-0.25, -0.2) is 0 Å². The van der Waals surface area contributed by atoms with Gasteiger partial charge in [0.1, 0.15) is 0 Å². The molecule has 0 spiro atoms. The smallest absolute Gasteiger partial charge is 0.247 e. The molecule has 8 aromatic rings. The molecule has 0 radical (unpaired) electrons. The van der Waals surface area contributed by atoms with E-state index in [1.165, 1.54) is 150 Å². The minimum atomic E-state index is 0.0325. The van der Waals surface area contributed by atoms with Crippen LogP contribution in [0.4, 0.5) is 17.1 Å². The van der Waals surface area contributed by atoms with E-state index in [1.54, 1.807) is 0 Å². The normalized spacial score (nSPS) is 12.7. The molecule has 8 aromatic carbocycles. The van der Waals surface area contributed by atoms with Crippen LogP contribution >= 0.6 is 0 Å². The van der Waals surface area contributed by atoms with Gasteiger partial charge in [-0.3, -0.25) is 0 Å². The van der Waals surface area contributed by atoms with Crippen molar-refractivity contribution >= 4 is 63.3 Å². The fourth-order valence-electron chi connectivity index (χ4n) is 11.4. The predicted octanol–water partition coefficient (Wildman–Crippen LogP) is 11.5. The third kappa shape index (κ3) is 6.30. The van der Waals surface area contributed by atoms with Crippen molar-refractivity contribution in [3.63, 3.8) is 0 Å². The van der Waals surface area contributed by atoms with Crippen LogP contribution in [-0.4, -0.2) is 13.4 Å². The number of fused-ring (bicyclic) bond motifs is 4. The molecule has 0 fully saturated rings. The van der Waals surface area contributed by atoms with Gasteiger partial charge in [-0.15, -0.1) is 0 Å². The SMILES string of the molecule is Cc1ccc2c(c1)B(c1c(C)c(C)c(C)c(C)c1C)c1cc(-c3cc(-c4ccccc4)cc(-c4ccccc4)c3)cc3c1N2c1ccc(C)cc1B3c1c(C)c(C)c(C)c(C)c1C. The number of hydrogen-bond donors (Lipinski definition) is 0. The summed E-state index contributed by atoms with van der Waals surface area (Å²) in [5.74, 6) is 0. The van der Waals surface area contributed by atoms with E-state index in [2.05, 4.69) is 215 Å². The van der Waals surface area contributed by atoms with Crippen molar-refractivity contribution in [1.82, 2.24) is 0 Å². The highest BCUT2D eigenvalue weighted by molar-refractivity contribution is 7.02. The molecule has 0 N–H and O–H groups in total. The minimum Gasteiger partial charge on any atom is -0.313 e. The van der Waals surface area contributed by atoms with Crippen molar-refractivity contribution in [1.29, 1.82) is 0 Å². The number of rotatable bonds is 5. The average molecular weight is 814 g/mol. The molecule has 0 atom stereocenters. The molecule has 2 heterocycles. The van der Waals surface area contributed by atoms with Crippen molar-refractivity contribution in [3.05, 3.63) is 194 Å². The third-order valence-electron chi connectivity index (χ3n) is 15.7. The van der Waals surface area contributed by atoms with E-state index in [-0.39, 0.29) is 13.4 Å². The second-order valence-electron chi connectivity index (χ2n) is 18.9. The van der Waals surface area contributed by atoms with E-state index in [9.17, 15) is 0 Å². The van der Waals surface area contributed by atoms with Crippen LogP contribution in [0.1, 0.15) is 66.8 Å². The lowest BCUT2D eigenvalue weighted by molar-refractivity contribution is 1.19. The zero-order valence-corrected chi connectivity index (χ0v) is 39.2. The number of hydrogen-bond acceptors (Lipinski definition) is 1. The molecule has 3 heteroatoms. The Morgan fingerprint density at radius 3 is 0.968 bits per heavy atom. The molecule has 0 aromatic heterocycles. The quantitative estimate of drug-likeness (QED) is 0.157. The minimum absolute atomic E-state index is 0.0325. The molecule has 2 aliphatic heterocycles. The molecule has 308 valence electrons. The van der Waals surface area contributed by atoms with Crippen molar-refractivity contribution in [2.75, 3.05) is 4.90 Å². The van der Waals surface area contributed by atoms with Gasteiger partial charge in [0.25, 0.3) is 0 Å². The van der Waals surface area contributed by atoms with E-state index >= 15 is 0 Å². The Bertz CT molecular complexity index is 2930. The molecule has 0 bridgehead atoms. The van der Waals surface area contributed by atoms with Crippen LogP contribution in [0.2, 0.25) is 0 Å². The van der Waals surface area contributed by atoms with Gasteiger partial charge >= 0.3 is 0 Å². The highest BCUT2D eigenvalue weighted by Gasteiger charge is 2.45. The van der Waals surface area contributed by atoms with Crippen LogP contribution in [0, 0.1) is 83.1 Å². The van der Waals surface area contributed by atoms with Crippen molar-refractivity contribution in [2.24, 2.45) is 0 Å². The topological polar surface area (TPSA) is 3.24 Å². The summed E-state index contributed by atoms with van der Waals surface area (Å²) < 4.78 is 0. The molecule has 0 unspecified atom stereocenters. The zero-order valence-electron chi connectivity index (χ0n) is 39.2. The fourth-order valence-corrected chi connectivity index (χ4v) is 11.4. The lowest BCUT2D eigenvalue weighted by Crippen LogP contribution is -2.66. The largest absolute Gasteiger partial charge is 0.313 e. The summed E-state index contributed by atoms with van der Waals surface area (Å²) >= 11 is 0. The van der Waals surface area contributed by atoms with E-state index in [0.29, 0.717) is 0 Å². The maximum Gasteiger partial charge on any atom is 0.247 e. The highest BCUT2D eigenvalue weighted by atomic mass is 15.2. The predicted molar refractivity (Wildman–Crippen MR) is 276 cm³/mol. The van der Waals surface area contributed by atoms with E-state index in [1.807, 2.05) is 0 Å². The summed E-state index contributed by atoms with van der Waals surface area (Å²) in [5.41, 5.74) is 36.3. The van der Waals surface area contributed by atoms with Crippen LogP contribution in [0.3, 0.4) is 0 Å². The number of benzene rings is 8.